The molecular formula is C25H34O3. The van der Waals surface area contributed by atoms with Crippen LogP contribution in [0.1, 0.15) is 90.7 Å². The molecule has 1 N–H and O–H groups in total. The molecule has 2 atom stereocenters. The average molecular weight is 383 g/mol. The molecule has 2 bridgehead atoms. The molecule has 0 amide bonds. The third-order valence-corrected chi connectivity index (χ3v) is 8.02. The van der Waals surface area contributed by atoms with E-state index in [0.29, 0.717) is 11.7 Å². The summed E-state index contributed by atoms with van der Waals surface area (Å²) in [6, 6.07) is 3.91. The number of unbranched alkanes of at least 4 members (excludes halogenated alkanes) is 3. The molecule has 0 radical (unpaired) electrons. The Kier molecular flexibility index (Phi) is 4.44. The van der Waals surface area contributed by atoms with E-state index < -0.39 is 5.41 Å². The molecule has 2 aliphatic carbocycles. The van der Waals surface area contributed by atoms with Crippen molar-refractivity contribution in [2.75, 3.05) is 0 Å². The van der Waals surface area contributed by atoms with Crippen molar-refractivity contribution in [3.63, 3.8) is 0 Å². The highest BCUT2D eigenvalue weighted by Crippen LogP contribution is 2.71. The van der Waals surface area contributed by atoms with E-state index in [4.69, 9.17) is 4.74 Å². The Morgan fingerprint density at radius 1 is 1.21 bits per heavy atom. The van der Waals surface area contributed by atoms with Gasteiger partial charge in [0.2, 0.25) is 0 Å². The number of hydrogen-bond acceptors (Lipinski definition) is 3. The van der Waals surface area contributed by atoms with Crippen molar-refractivity contribution in [3.05, 3.63) is 29.3 Å². The topological polar surface area (TPSA) is 46.5 Å². The molecule has 28 heavy (non-hydrogen) atoms. The lowest BCUT2D eigenvalue weighted by molar-refractivity contribution is -0.147. The zero-order valence-corrected chi connectivity index (χ0v) is 18.0. The fourth-order valence-corrected chi connectivity index (χ4v) is 5.93. The average Bonchev–Trinajstić information content (AvgIpc) is 3.01. The van der Waals surface area contributed by atoms with Crippen LogP contribution in [0.2, 0.25) is 0 Å². The number of carbonyl (C=O) groups excluding carboxylic acids is 1. The Balaban J connectivity index is 1.71. The van der Waals surface area contributed by atoms with E-state index in [1.807, 2.05) is 12.1 Å². The summed E-state index contributed by atoms with van der Waals surface area (Å²) in [5.74, 6) is 1.04. The summed E-state index contributed by atoms with van der Waals surface area (Å²) in [5.41, 5.74) is 1.99. The molecule has 1 saturated carbocycles. The Hall–Kier alpha value is -1.77. The van der Waals surface area contributed by atoms with Gasteiger partial charge in [-0.3, -0.25) is 4.79 Å². The number of allylic oxidation sites excluding steroid dienone is 1. The second-order valence-corrected chi connectivity index (χ2v) is 10.3. The number of aromatic hydroxyl groups is 1. The molecule has 1 unspecified atom stereocenters. The monoisotopic (exact) mass is 382 g/mol. The van der Waals surface area contributed by atoms with E-state index in [1.54, 1.807) is 0 Å². The number of fused-ring (bicyclic) bond motifs is 3. The second kappa shape index (κ2) is 6.37. The van der Waals surface area contributed by atoms with Crippen LogP contribution < -0.4 is 4.74 Å². The number of esters is 1. The van der Waals surface area contributed by atoms with Crippen LogP contribution in [-0.2, 0) is 10.2 Å². The Labute approximate surface area is 169 Å². The fraction of sp³-hybridized carbons (Fsp3) is 0.640. The number of benzene rings is 1. The molecule has 0 saturated heterocycles. The molecule has 3 aliphatic rings. The molecule has 1 aromatic carbocycles. The predicted octanol–water partition coefficient (Wildman–Crippen LogP) is 6.38. The van der Waals surface area contributed by atoms with E-state index in [1.165, 1.54) is 25.7 Å². The van der Waals surface area contributed by atoms with Gasteiger partial charge < -0.3 is 9.84 Å². The zero-order chi connectivity index (χ0) is 20.3. The summed E-state index contributed by atoms with van der Waals surface area (Å²) in [4.78, 5) is 13.2. The molecular weight excluding hydrogens is 348 g/mol. The molecule has 1 fully saturated rings. The van der Waals surface area contributed by atoms with Crippen molar-refractivity contribution < 1.29 is 14.6 Å². The molecule has 3 heteroatoms. The van der Waals surface area contributed by atoms with Gasteiger partial charge in [-0.25, -0.2) is 0 Å². The molecule has 1 spiro atoms. The van der Waals surface area contributed by atoms with Crippen LogP contribution in [0.3, 0.4) is 0 Å². The van der Waals surface area contributed by atoms with Gasteiger partial charge in [-0.2, -0.15) is 0 Å². The van der Waals surface area contributed by atoms with Crippen LogP contribution in [0.15, 0.2) is 18.2 Å². The Bertz CT molecular complexity index is 846. The van der Waals surface area contributed by atoms with Crippen molar-refractivity contribution in [1.29, 1.82) is 0 Å². The lowest BCUT2D eigenvalue weighted by Gasteiger charge is -2.42. The molecule has 4 rings (SSSR count). The molecule has 3 nitrogen and oxygen atoms in total. The number of rotatable bonds is 6. The number of ether oxygens (including phenoxy) is 1. The molecule has 1 aromatic rings. The van der Waals surface area contributed by atoms with Gasteiger partial charge in [0.05, 0.1) is 11.0 Å². The summed E-state index contributed by atoms with van der Waals surface area (Å²) in [5, 5.41) is 11.0. The SMILES string of the molecule is CCCCCCC(C)(C)c1cc(O)c2c(c1)OC(=O)[C@@]13CCC(C=C21)C3(C)C. The summed E-state index contributed by atoms with van der Waals surface area (Å²) >= 11 is 0. The van der Waals surface area contributed by atoms with Crippen LogP contribution in [-0.4, -0.2) is 11.1 Å². The lowest BCUT2D eigenvalue weighted by atomic mass is 9.63. The third kappa shape index (κ3) is 2.51. The Morgan fingerprint density at radius 2 is 1.96 bits per heavy atom. The van der Waals surface area contributed by atoms with Crippen molar-refractivity contribution >= 4 is 11.5 Å². The highest BCUT2D eigenvalue weighted by atomic mass is 16.5. The van der Waals surface area contributed by atoms with E-state index in [9.17, 15) is 9.90 Å². The highest BCUT2D eigenvalue weighted by molar-refractivity contribution is 6.03. The van der Waals surface area contributed by atoms with Crippen molar-refractivity contribution in [2.45, 2.75) is 85.0 Å². The first-order valence-corrected chi connectivity index (χ1v) is 11.0. The standard InChI is InChI=1S/C25H34O3/c1-6-7-8-9-11-23(2,3)17-14-19(26)21-18-13-16-10-12-25(18,24(16,4)5)22(27)28-20(21)15-17/h13-16,26H,6-12H2,1-5H3/t16?,25-/m1/s1. The molecule has 0 aromatic heterocycles. The van der Waals surface area contributed by atoms with Gasteiger partial charge in [0, 0.05) is 0 Å². The second-order valence-electron chi connectivity index (χ2n) is 10.3. The van der Waals surface area contributed by atoms with E-state index in [-0.39, 0.29) is 22.5 Å². The van der Waals surface area contributed by atoms with E-state index >= 15 is 0 Å². The minimum absolute atomic E-state index is 0.0654. The van der Waals surface area contributed by atoms with Crippen molar-refractivity contribution in [2.24, 2.45) is 16.7 Å². The summed E-state index contributed by atoms with van der Waals surface area (Å²) in [6.45, 7) is 11.0. The predicted molar refractivity (Wildman–Crippen MR) is 112 cm³/mol. The first-order chi connectivity index (χ1) is 13.1. The molecule has 1 aliphatic heterocycles. The first kappa shape index (κ1) is 19.5. The maximum absolute atomic E-state index is 13.2. The summed E-state index contributed by atoms with van der Waals surface area (Å²) in [6.07, 6.45) is 10.0. The van der Waals surface area contributed by atoms with Gasteiger partial charge in [0.25, 0.3) is 0 Å². The van der Waals surface area contributed by atoms with E-state index in [0.717, 1.165) is 36.0 Å². The maximum atomic E-state index is 13.2. The van der Waals surface area contributed by atoms with Crippen LogP contribution in [0, 0.1) is 16.7 Å². The Morgan fingerprint density at radius 3 is 2.64 bits per heavy atom. The van der Waals surface area contributed by atoms with Gasteiger partial charge in [-0.1, -0.05) is 66.4 Å². The normalized spacial score (nSPS) is 27.2. The summed E-state index contributed by atoms with van der Waals surface area (Å²) in [7, 11) is 0. The van der Waals surface area contributed by atoms with Gasteiger partial charge in [0.15, 0.2) is 0 Å². The first-order valence-electron chi connectivity index (χ1n) is 11.0. The lowest BCUT2D eigenvalue weighted by Crippen LogP contribution is -2.45. The van der Waals surface area contributed by atoms with Gasteiger partial charge in [-0.05, 0) is 59.3 Å². The van der Waals surface area contributed by atoms with Crippen LogP contribution in [0.5, 0.6) is 11.5 Å². The van der Waals surface area contributed by atoms with E-state index in [2.05, 4.69) is 40.7 Å². The third-order valence-electron chi connectivity index (χ3n) is 8.02. The summed E-state index contributed by atoms with van der Waals surface area (Å²) < 4.78 is 5.92. The van der Waals surface area contributed by atoms with Gasteiger partial charge in [0.1, 0.15) is 11.5 Å². The number of phenolic OH excluding ortho intramolecular Hbond substituents is 1. The van der Waals surface area contributed by atoms with Gasteiger partial charge >= 0.3 is 5.97 Å². The number of phenols is 1. The quantitative estimate of drug-likeness (QED) is 0.353. The maximum Gasteiger partial charge on any atom is 0.322 e. The van der Waals surface area contributed by atoms with Crippen LogP contribution >= 0.6 is 0 Å². The fourth-order valence-electron chi connectivity index (χ4n) is 5.93. The molecule has 1 heterocycles. The largest absolute Gasteiger partial charge is 0.507 e. The molecule has 152 valence electrons. The van der Waals surface area contributed by atoms with Gasteiger partial charge in [-0.15, -0.1) is 0 Å². The minimum Gasteiger partial charge on any atom is -0.507 e. The zero-order valence-electron chi connectivity index (χ0n) is 18.0. The van der Waals surface area contributed by atoms with Crippen LogP contribution in [0.4, 0.5) is 0 Å². The van der Waals surface area contributed by atoms with Crippen molar-refractivity contribution in [3.8, 4) is 11.5 Å². The number of hydrogen-bond donors (Lipinski definition) is 1. The highest BCUT2D eigenvalue weighted by Gasteiger charge is 2.67. The van der Waals surface area contributed by atoms with Crippen LogP contribution in [0.25, 0.3) is 5.57 Å². The van der Waals surface area contributed by atoms with Crippen molar-refractivity contribution in [1.82, 2.24) is 0 Å². The minimum atomic E-state index is -0.598. The smallest absolute Gasteiger partial charge is 0.322 e. The number of carbonyl (C=O) groups is 1.